The number of aromatic nitrogens is 4. The number of fused-ring (bicyclic) bond motifs is 1. The number of rotatable bonds is 6. The summed E-state index contributed by atoms with van der Waals surface area (Å²) in [6, 6.07) is 7.90. The van der Waals surface area contributed by atoms with Crippen molar-refractivity contribution in [2.24, 2.45) is 0 Å². The van der Waals surface area contributed by atoms with Gasteiger partial charge in [0.2, 0.25) is 5.78 Å². The minimum atomic E-state index is -3.93. The maximum Gasteiger partial charge on any atom is 0.276 e. The molecule has 0 unspecified atom stereocenters. The molecule has 0 spiro atoms. The molecule has 5 rings (SSSR count). The lowest BCUT2D eigenvalue weighted by molar-refractivity contribution is 0.101. The number of sulfone groups is 1. The van der Waals surface area contributed by atoms with Crippen molar-refractivity contribution in [2.45, 2.75) is 5.03 Å². The van der Waals surface area contributed by atoms with Crippen LogP contribution in [0.3, 0.4) is 0 Å². The highest BCUT2D eigenvalue weighted by atomic mass is 79.9. The quantitative estimate of drug-likeness (QED) is 0.185. The third-order valence-electron chi connectivity index (χ3n) is 5.73. The van der Waals surface area contributed by atoms with E-state index in [4.69, 9.17) is 11.6 Å². The summed E-state index contributed by atoms with van der Waals surface area (Å²) in [5.74, 6) is -5.30. The lowest BCUT2D eigenvalue weighted by Crippen LogP contribution is -2.17. The molecular weight excluding hydrogens is 639 g/mol. The average Bonchev–Trinajstić information content (AvgIpc) is 3.53. The zero-order valence-electron chi connectivity index (χ0n) is 20.0. The molecule has 0 aliphatic rings. The Labute approximate surface area is 237 Å². The summed E-state index contributed by atoms with van der Waals surface area (Å²) >= 11 is 8.89. The van der Waals surface area contributed by atoms with E-state index in [-0.39, 0.29) is 31.8 Å². The van der Waals surface area contributed by atoms with Crippen molar-refractivity contribution in [2.75, 3.05) is 11.6 Å². The molecule has 40 heavy (non-hydrogen) atoms. The largest absolute Gasteiger partial charge is 0.345 e. The fourth-order valence-electron chi connectivity index (χ4n) is 3.89. The van der Waals surface area contributed by atoms with Gasteiger partial charge in [-0.15, -0.1) is 0 Å². The molecule has 0 aliphatic carbocycles. The van der Waals surface area contributed by atoms with E-state index in [1.165, 1.54) is 30.6 Å². The molecule has 204 valence electrons. The number of halogens is 5. The Hall–Kier alpha value is -4.01. The standard InChI is InChI=1S/C25H14BrClF3N5O4S/c1-40(38,39)19-8-18(34-35(19)13-4-2-12(28)3-5-13)25(37)33-17-7-16(26)21(29)20(22(17)30)23(36)15-10-32-24-14(15)6-11(27)9-31-24/h2-10H,1H3,(H,31,32)(H,33,37). The van der Waals surface area contributed by atoms with Gasteiger partial charge < -0.3 is 10.3 Å². The van der Waals surface area contributed by atoms with Crippen LogP contribution in [0.5, 0.6) is 0 Å². The molecule has 2 aromatic carbocycles. The molecule has 2 N–H and O–H groups in total. The van der Waals surface area contributed by atoms with Gasteiger partial charge >= 0.3 is 0 Å². The van der Waals surface area contributed by atoms with Crippen LogP contribution in [0, 0.1) is 17.5 Å². The fraction of sp³-hybridized carbons (Fsp3) is 0.0400. The number of pyridine rings is 1. The van der Waals surface area contributed by atoms with Crippen LogP contribution >= 0.6 is 27.5 Å². The molecular formula is C25H14BrClF3N5O4S. The predicted molar refractivity (Wildman–Crippen MR) is 143 cm³/mol. The van der Waals surface area contributed by atoms with Crippen LogP contribution in [0.25, 0.3) is 16.7 Å². The molecule has 0 aliphatic heterocycles. The van der Waals surface area contributed by atoms with Gasteiger partial charge in [0.1, 0.15) is 11.5 Å². The SMILES string of the molecule is CS(=O)(=O)c1cc(C(=O)Nc2cc(Br)c(F)c(C(=O)c3c[nH]c4ncc(Cl)cc34)c2F)nn1-c1ccc(F)cc1. The number of ketones is 1. The topological polar surface area (TPSA) is 127 Å². The van der Waals surface area contributed by atoms with Crippen molar-refractivity contribution < 1.29 is 31.2 Å². The Morgan fingerprint density at radius 1 is 1.07 bits per heavy atom. The van der Waals surface area contributed by atoms with E-state index in [9.17, 15) is 22.4 Å². The summed E-state index contributed by atoms with van der Waals surface area (Å²) in [6.45, 7) is 0. The van der Waals surface area contributed by atoms with Gasteiger partial charge in [-0.2, -0.15) is 5.10 Å². The minimum Gasteiger partial charge on any atom is -0.345 e. The molecule has 3 aromatic heterocycles. The monoisotopic (exact) mass is 651 g/mol. The summed E-state index contributed by atoms with van der Waals surface area (Å²) in [6.07, 6.45) is 3.44. The van der Waals surface area contributed by atoms with Crippen LogP contribution in [0.1, 0.15) is 26.4 Å². The Kier molecular flexibility index (Phi) is 7.02. The molecule has 0 saturated heterocycles. The van der Waals surface area contributed by atoms with Crippen molar-refractivity contribution in [1.82, 2.24) is 19.7 Å². The zero-order valence-corrected chi connectivity index (χ0v) is 23.1. The maximum absolute atomic E-state index is 15.6. The van der Waals surface area contributed by atoms with Crippen molar-refractivity contribution in [3.63, 3.8) is 0 Å². The summed E-state index contributed by atoms with van der Waals surface area (Å²) in [5, 5.41) is 6.21. The Morgan fingerprint density at radius 3 is 2.45 bits per heavy atom. The van der Waals surface area contributed by atoms with E-state index in [0.717, 1.165) is 35.2 Å². The Balaban J connectivity index is 1.54. The highest BCUT2D eigenvalue weighted by Crippen LogP contribution is 2.32. The summed E-state index contributed by atoms with van der Waals surface area (Å²) in [4.78, 5) is 33.0. The van der Waals surface area contributed by atoms with Crippen LogP contribution in [-0.2, 0) is 9.84 Å². The first-order valence-electron chi connectivity index (χ1n) is 11.1. The lowest BCUT2D eigenvalue weighted by atomic mass is 10.0. The number of amides is 1. The summed E-state index contributed by atoms with van der Waals surface area (Å²) in [7, 11) is -3.93. The molecule has 0 atom stereocenters. The second-order valence-corrected chi connectivity index (χ2v) is 11.7. The van der Waals surface area contributed by atoms with Gasteiger partial charge in [0.15, 0.2) is 32.2 Å². The molecule has 5 aromatic rings. The van der Waals surface area contributed by atoms with Gasteiger partial charge in [0, 0.05) is 35.7 Å². The molecule has 0 fully saturated rings. The third kappa shape index (κ3) is 5.00. The normalized spacial score (nSPS) is 11.7. The third-order valence-corrected chi connectivity index (χ3v) is 7.57. The molecule has 15 heteroatoms. The first-order valence-corrected chi connectivity index (χ1v) is 14.1. The number of aromatic amines is 1. The number of hydrogen-bond donors (Lipinski definition) is 2. The first-order chi connectivity index (χ1) is 18.8. The van der Waals surface area contributed by atoms with E-state index < -0.39 is 61.0 Å². The molecule has 0 radical (unpaired) electrons. The smallest absolute Gasteiger partial charge is 0.276 e. The number of carbonyl (C=O) groups excluding carboxylic acids is 2. The molecule has 1 amide bonds. The predicted octanol–water partition coefficient (Wildman–Crippen LogP) is 5.47. The van der Waals surface area contributed by atoms with Gasteiger partial charge in [-0.3, -0.25) is 9.59 Å². The van der Waals surface area contributed by atoms with E-state index >= 15 is 8.78 Å². The van der Waals surface area contributed by atoms with Gasteiger partial charge in [-0.1, -0.05) is 11.6 Å². The van der Waals surface area contributed by atoms with Gasteiger partial charge in [-0.25, -0.2) is 31.3 Å². The second-order valence-electron chi connectivity index (χ2n) is 8.47. The van der Waals surface area contributed by atoms with Crippen LogP contribution < -0.4 is 5.32 Å². The fourth-order valence-corrected chi connectivity index (χ4v) is 5.26. The number of H-pyrrole nitrogens is 1. The minimum absolute atomic E-state index is 0.117. The van der Waals surface area contributed by atoms with Crippen LogP contribution in [-0.4, -0.2) is 46.1 Å². The number of benzene rings is 2. The Morgan fingerprint density at radius 2 is 1.77 bits per heavy atom. The maximum atomic E-state index is 15.6. The molecule has 0 saturated carbocycles. The zero-order chi connectivity index (χ0) is 28.9. The van der Waals surface area contributed by atoms with Gasteiger partial charge in [0.05, 0.1) is 26.4 Å². The number of anilines is 1. The molecule has 3 heterocycles. The first kappa shape index (κ1) is 27.6. The Bertz CT molecular complexity index is 1960. The highest BCUT2D eigenvalue weighted by molar-refractivity contribution is 9.10. The second kappa shape index (κ2) is 10.2. The van der Waals surface area contributed by atoms with Crippen molar-refractivity contribution >= 4 is 65.8 Å². The number of nitrogens with zero attached hydrogens (tertiary/aromatic N) is 3. The van der Waals surface area contributed by atoms with Crippen LogP contribution in [0.15, 0.2) is 64.4 Å². The molecule has 9 nitrogen and oxygen atoms in total. The van der Waals surface area contributed by atoms with Crippen molar-refractivity contribution in [3.05, 3.63) is 98.6 Å². The van der Waals surface area contributed by atoms with E-state index in [1.54, 1.807) is 0 Å². The van der Waals surface area contributed by atoms with Crippen LogP contribution in [0.4, 0.5) is 18.9 Å². The van der Waals surface area contributed by atoms with Crippen LogP contribution in [0.2, 0.25) is 5.02 Å². The van der Waals surface area contributed by atoms with Gasteiger partial charge in [-0.05, 0) is 52.3 Å². The highest BCUT2D eigenvalue weighted by Gasteiger charge is 2.28. The number of carbonyl (C=O) groups is 2. The number of hydrogen-bond acceptors (Lipinski definition) is 6. The summed E-state index contributed by atoms with van der Waals surface area (Å²) < 4.78 is 69.3. The van der Waals surface area contributed by atoms with Crippen molar-refractivity contribution in [1.29, 1.82) is 0 Å². The van der Waals surface area contributed by atoms with E-state index in [0.29, 0.717) is 0 Å². The average molecular weight is 653 g/mol. The summed E-state index contributed by atoms with van der Waals surface area (Å²) in [5.41, 5.74) is -1.73. The lowest BCUT2D eigenvalue weighted by Gasteiger charge is -2.11. The molecule has 0 bridgehead atoms. The van der Waals surface area contributed by atoms with E-state index in [2.05, 4.69) is 36.3 Å². The van der Waals surface area contributed by atoms with E-state index in [1.807, 2.05) is 0 Å². The van der Waals surface area contributed by atoms with Gasteiger partial charge in [0.25, 0.3) is 5.91 Å². The van der Waals surface area contributed by atoms with Crippen molar-refractivity contribution in [3.8, 4) is 5.69 Å². The number of nitrogens with one attached hydrogen (secondary N) is 2.